The first-order valence-electron chi connectivity index (χ1n) is 12.6. The summed E-state index contributed by atoms with van der Waals surface area (Å²) in [4.78, 5) is 37.0. The lowest BCUT2D eigenvalue weighted by Gasteiger charge is -2.36. The predicted octanol–water partition coefficient (Wildman–Crippen LogP) is 5.72. The Kier molecular flexibility index (Phi) is 8.07. The molecule has 0 saturated carbocycles. The number of amidine groups is 1. The zero-order valence-electron chi connectivity index (χ0n) is 21.7. The number of nitrogens with one attached hydrogen (secondary N) is 1. The number of allylic oxidation sites excluding steroid dienone is 1. The Hall–Kier alpha value is -4.37. The number of benzene rings is 2. The molecule has 2 aliphatic rings. The Morgan fingerprint density at radius 2 is 1.87 bits per heavy atom. The van der Waals surface area contributed by atoms with Crippen LogP contribution in [0, 0.1) is 0 Å². The molecule has 8 nitrogen and oxygen atoms in total. The van der Waals surface area contributed by atoms with Crippen molar-refractivity contribution < 1.29 is 19.1 Å². The van der Waals surface area contributed by atoms with Crippen LogP contribution >= 0.6 is 11.8 Å². The minimum atomic E-state index is -0.536. The summed E-state index contributed by atoms with van der Waals surface area (Å²) in [5.41, 5.74) is 3.60. The van der Waals surface area contributed by atoms with Gasteiger partial charge in [0.15, 0.2) is 5.17 Å². The van der Waals surface area contributed by atoms with E-state index < -0.39 is 12.0 Å². The summed E-state index contributed by atoms with van der Waals surface area (Å²) in [7, 11) is 1.37. The molecule has 1 N–H and O–H groups in total. The average Bonchev–Trinajstić information content (AvgIpc) is 3.37. The van der Waals surface area contributed by atoms with Crippen LogP contribution < -0.4 is 10.1 Å². The maximum atomic E-state index is 13.2. The number of hydrogen-bond acceptors (Lipinski definition) is 8. The second-order valence-electron chi connectivity index (χ2n) is 8.90. The zero-order valence-corrected chi connectivity index (χ0v) is 22.5. The number of ether oxygens (including phenoxy) is 2. The summed E-state index contributed by atoms with van der Waals surface area (Å²) in [5.74, 6) is 0.751. The van der Waals surface area contributed by atoms with E-state index in [0.717, 1.165) is 16.8 Å². The molecule has 39 heavy (non-hydrogen) atoms. The number of amides is 1. The molecule has 0 unspecified atom stereocenters. The highest BCUT2D eigenvalue weighted by molar-refractivity contribution is 8.16. The van der Waals surface area contributed by atoms with E-state index in [1.54, 1.807) is 12.4 Å². The number of aliphatic imine (C=N–C) groups is 1. The minimum Gasteiger partial charge on any atom is -0.466 e. The van der Waals surface area contributed by atoms with E-state index in [4.69, 9.17) is 14.5 Å². The standard InChI is InChI=1S/C30H28N4O4S/c1-3-25-27(29(36)37-2)28(21-10-7-13-24(15-21)38-23-11-5-4-6-12-23)34-22(19-39-30(34)33-25)16-26(35)32-18-20-9-8-14-31-17-20/h4-15,17,19,28H,3,16,18H2,1-2H3,(H,32,35)/t28-/m1/s1. The van der Waals surface area contributed by atoms with Gasteiger partial charge in [-0.05, 0) is 53.3 Å². The Morgan fingerprint density at radius 1 is 1.05 bits per heavy atom. The molecule has 3 heterocycles. The van der Waals surface area contributed by atoms with Gasteiger partial charge in [0.1, 0.15) is 11.5 Å². The molecular weight excluding hydrogens is 512 g/mol. The first-order chi connectivity index (χ1) is 19.1. The van der Waals surface area contributed by atoms with Crippen molar-refractivity contribution >= 4 is 28.8 Å². The molecule has 0 saturated heterocycles. The molecule has 1 atom stereocenters. The Labute approximate surface area is 231 Å². The number of methoxy groups -OCH3 is 1. The van der Waals surface area contributed by atoms with Crippen LogP contribution in [-0.4, -0.2) is 34.0 Å². The number of esters is 1. The number of hydrogen-bond donors (Lipinski definition) is 1. The quantitative estimate of drug-likeness (QED) is 0.347. The second-order valence-corrected chi connectivity index (χ2v) is 9.74. The van der Waals surface area contributed by atoms with Gasteiger partial charge in [-0.3, -0.25) is 9.78 Å². The van der Waals surface area contributed by atoms with Gasteiger partial charge < -0.3 is 19.7 Å². The summed E-state index contributed by atoms with van der Waals surface area (Å²) in [5, 5.41) is 5.60. The van der Waals surface area contributed by atoms with E-state index in [1.807, 2.05) is 84.0 Å². The number of aromatic nitrogens is 1. The van der Waals surface area contributed by atoms with Gasteiger partial charge in [-0.1, -0.05) is 55.1 Å². The summed E-state index contributed by atoms with van der Waals surface area (Å²) < 4.78 is 11.3. The Bertz CT molecular complexity index is 1450. The van der Waals surface area contributed by atoms with Gasteiger partial charge in [-0.15, -0.1) is 0 Å². The fourth-order valence-electron chi connectivity index (χ4n) is 4.53. The number of nitrogens with zero attached hydrogens (tertiary/aromatic N) is 3. The van der Waals surface area contributed by atoms with Gasteiger partial charge in [0.05, 0.1) is 30.8 Å². The van der Waals surface area contributed by atoms with E-state index >= 15 is 0 Å². The maximum Gasteiger partial charge on any atom is 0.338 e. The van der Waals surface area contributed by atoms with Crippen LogP contribution in [0.3, 0.4) is 0 Å². The number of fused-ring (bicyclic) bond motifs is 1. The number of carbonyl (C=O) groups excluding carboxylic acids is 2. The van der Waals surface area contributed by atoms with Crippen LogP contribution in [0.4, 0.5) is 0 Å². The first-order valence-corrected chi connectivity index (χ1v) is 13.5. The molecule has 0 aliphatic carbocycles. The number of carbonyl (C=O) groups is 2. The molecule has 0 bridgehead atoms. The number of para-hydroxylation sites is 1. The molecule has 2 aromatic carbocycles. The molecule has 0 spiro atoms. The molecule has 0 fully saturated rings. The van der Waals surface area contributed by atoms with Gasteiger partial charge in [0.25, 0.3) is 0 Å². The monoisotopic (exact) mass is 540 g/mol. The van der Waals surface area contributed by atoms with Crippen molar-refractivity contribution in [3.05, 3.63) is 113 Å². The lowest BCUT2D eigenvalue weighted by atomic mass is 9.92. The summed E-state index contributed by atoms with van der Waals surface area (Å²) in [6, 6.07) is 20.4. The van der Waals surface area contributed by atoms with Crippen LogP contribution in [0.2, 0.25) is 0 Å². The number of rotatable bonds is 9. The predicted molar refractivity (Wildman–Crippen MR) is 151 cm³/mol. The topological polar surface area (TPSA) is 93.1 Å². The molecular formula is C30H28N4O4S. The van der Waals surface area contributed by atoms with Crippen LogP contribution in [0.1, 0.15) is 36.9 Å². The number of thioether (sulfide) groups is 1. The lowest BCUT2D eigenvalue weighted by molar-refractivity contribution is -0.136. The molecule has 1 aromatic heterocycles. The van der Waals surface area contributed by atoms with Crippen LogP contribution in [-0.2, 0) is 20.9 Å². The average molecular weight is 541 g/mol. The van der Waals surface area contributed by atoms with Crippen LogP contribution in [0.15, 0.2) is 106 Å². The van der Waals surface area contributed by atoms with E-state index in [2.05, 4.69) is 10.3 Å². The highest BCUT2D eigenvalue weighted by Gasteiger charge is 2.41. The molecule has 1 amide bonds. The summed E-state index contributed by atoms with van der Waals surface area (Å²) in [6.45, 7) is 2.34. The highest BCUT2D eigenvalue weighted by atomic mass is 32.2. The van der Waals surface area contributed by atoms with Gasteiger partial charge in [-0.2, -0.15) is 0 Å². The number of pyridine rings is 1. The van der Waals surface area contributed by atoms with Crippen molar-refractivity contribution in [2.45, 2.75) is 32.4 Å². The molecule has 198 valence electrons. The van der Waals surface area contributed by atoms with Crippen molar-refractivity contribution in [3.63, 3.8) is 0 Å². The van der Waals surface area contributed by atoms with Gasteiger partial charge in [0.2, 0.25) is 5.91 Å². The van der Waals surface area contributed by atoms with Gasteiger partial charge in [-0.25, -0.2) is 9.79 Å². The third kappa shape index (κ3) is 5.88. The normalized spacial score (nSPS) is 16.3. The zero-order chi connectivity index (χ0) is 27.2. The fourth-order valence-corrected chi connectivity index (χ4v) is 5.47. The van der Waals surface area contributed by atoms with Crippen LogP contribution in [0.25, 0.3) is 0 Å². The van der Waals surface area contributed by atoms with Crippen molar-refractivity contribution in [2.24, 2.45) is 4.99 Å². The third-order valence-corrected chi connectivity index (χ3v) is 7.22. The lowest BCUT2D eigenvalue weighted by Crippen LogP contribution is -2.38. The van der Waals surface area contributed by atoms with Crippen molar-refractivity contribution in [3.8, 4) is 11.5 Å². The highest BCUT2D eigenvalue weighted by Crippen LogP contribution is 2.46. The minimum absolute atomic E-state index is 0.124. The molecule has 9 heteroatoms. The molecule has 0 radical (unpaired) electrons. The second kappa shape index (κ2) is 12.0. The van der Waals surface area contributed by atoms with Gasteiger partial charge >= 0.3 is 5.97 Å². The smallest absolute Gasteiger partial charge is 0.338 e. The van der Waals surface area contributed by atoms with E-state index in [1.165, 1.54) is 18.9 Å². The molecule has 3 aromatic rings. The van der Waals surface area contributed by atoms with E-state index in [0.29, 0.717) is 40.9 Å². The fraction of sp³-hybridized carbons (Fsp3) is 0.200. The Balaban J connectivity index is 1.46. The SMILES string of the molecule is CCC1=C(C(=O)OC)[C@@H](c2cccc(Oc3ccccc3)c2)N2C(CC(=O)NCc3cccnc3)=CSC2=N1. The largest absolute Gasteiger partial charge is 0.466 e. The summed E-state index contributed by atoms with van der Waals surface area (Å²) in [6.07, 6.45) is 4.10. The summed E-state index contributed by atoms with van der Waals surface area (Å²) >= 11 is 1.44. The molecule has 5 rings (SSSR count). The van der Waals surface area contributed by atoms with Crippen molar-refractivity contribution in [1.29, 1.82) is 0 Å². The van der Waals surface area contributed by atoms with Crippen LogP contribution in [0.5, 0.6) is 11.5 Å². The van der Waals surface area contributed by atoms with E-state index in [9.17, 15) is 9.59 Å². The molecule has 2 aliphatic heterocycles. The maximum absolute atomic E-state index is 13.2. The third-order valence-electron chi connectivity index (χ3n) is 6.34. The van der Waals surface area contributed by atoms with Gasteiger partial charge in [0, 0.05) is 24.6 Å². The first kappa shape index (κ1) is 26.2. The van der Waals surface area contributed by atoms with E-state index in [-0.39, 0.29) is 12.3 Å². The Morgan fingerprint density at radius 3 is 2.62 bits per heavy atom. The van der Waals surface area contributed by atoms with Crippen molar-refractivity contribution in [1.82, 2.24) is 15.2 Å². The van der Waals surface area contributed by atoms with Crippen molar-refractivity contribution in [2.75, 3.05) is 7.11 Å².